The number of nitro groups is 1. The number of rotatable bonds is 1. The lowest BCUT2D eigenvalue weighted by molar-refractivity contribution is -0.548. The zero-order valence-corrected chi connectivity index (χ0v) is 10.2. The van der Waals surface area contributed by atoms with Gasteiger partial charge in [0.1, 0.15) is 11.0 Å². The van der Waals surface area contributed by atoms with Crippen molar-refractivity contribution < 1.29 is 9.65 Å². The predicted octanol–water partition coefficient (Wildman–Crippen LogP) is 2.58. The van der Waals surface area contributed by atoms with Gasteiger partial charge in [0.15, 0.2) is 0 Å². The molecule has 0 unspecified atom stereocenters. The molecule has 0 amide bonds. The van der Waals surface area contributed by atoms with E-state index in [1.807, 2.05) is 0 Å². The van der Waals surface area contributed by atoms with Crippen molar-refractivity contribution in [3.05, 3.63) is 56.7 Å². The maximum absolute atomic E-state index is 12.2. The van der Waals surface area contributed by atoms with E-state index in [2.05, 4.69) is 4.98 Å². The maximum atomic E-state index is 12.2. The van der Waals surface area contributed by atoms with Gasteiger partial charge in [-0.05, 0) is 18.2 Å². The first kappa shape index (κ1) is 11.6. The Morgan fingerprint density at radius 1 is 1.11 bits per heavy atom. The van der Waals surface area contributed by atoms with Crippen LogP contribution in [0.5, 0.6) is 0 Å². The predicted molar refractivity (Wildman–Crippen MR) is 69.9 cm³/mol. The van der Waals surface area contributed by atoms with Crippen LogP contribution in [0.15, 0.2) is 36.4 Å². The van der Waals surface area contributed by atoms with E-state index in [1.165, 1.54) is 24.3 Å². The summed E-state index contributed by atoms with van der Waals surface area (Å²) in [6, 6.07) is 8.66. The molecule has 0 aliphatic heterocycles. The van der Waals surface area contributed by atoms with E-state index < -0.39 is 4.92 Å². The average Bonchev–Trinajstić information content (AvgIpc) is 2.38. The Morgan fingerprint density at radius 3 is 2.63 bits per heavy atom. The molecule has 1 aromatic heterocycles. The van der Waals surface area contributed by atoms with Crippen molar-refractivity contribution in [2.75, 3.05) is 0 Å². The zero-order valence-electron chi connectivity index (χ0n) is 9.41. The number of aromatic nitrogens is 2. The normalized spacial score (nSPS) is 11.0. The maximum Gasteiger partial charge on any atom is 0.276 e. The molecular weight excluding hydrogens is 270 g/mol. The van der Waals surface area contributed by atoms with Crippen LogP contribution < -0.4 is 4.73 Å². The fraction of sp³-hybridized carbons (Fsp3) is 0. The number of halogens is 1. The van der Waals surface area contributed by atoms with Crippen LogP contribution >= 0.6 is 11.6 Å². The molecule has 0 bridgehead atoms. The topological polar surface area (TPSA) is 83.0 Å². The summed E-state index contributed by atoms with van der Waals surface area (Å²) >= 11 is 5.85. The number of hydrogen-bond acceptors (Lipinski definition) is 4. The third kappa shape index (κ3) is 1.82. The lowest BCUT2D eigenvalue weighted by Crippen LogP contribution is -2.28. The number of nitro benzene ring substituents is 1. The fourth-order valence-corrected chi connectivity index (χ4v) is 2.07. The average molecular weight is 276 g/mol. The molecule has 0 fully saturated rings. The highest BCUT2D eigenvalue weighted by Gasteiger charge is 2.16. The summed E-state index contributed by atoms with van der Waals surface area (Å²) in [6.45, 7) is 0. The first-order valence-electron chi connectivity index (χ1n) is 5.33. The number of nitrogens with zero attached hydrogens (tertiary/aromatic N) is 3. The van der Waals surface area contributed by atoms with Gasteiger partial charge in [0.25, 0.3) is 5.69 Å². The Labute approximate surface area is 111 Å². The van der Waals surface area contributed by atoms with E-state index in [0.717, 1.165) is 0 Å². The summed E-state index contributed by atoms with van der Waals surface area (Å²) in [6.07, 6.45) is 0. The van der Waals surface area contributed by atoms with Gasteiger partial charge in [-0.3, -0.25) is 10.1 Å². The summed E-state index contributed by atoms with van der Waals surface area (Å²) < 4.78 is 0.626. The monoisotopic (exact) mass is 275 g/mol. The van der Waals surface area contributed by atoms with E-state index >= 15 is 0 Å². The molecule has 0 aliphatic carbocycles. The van der Waals surface area contributed by atoms with E-state index in [-0.39, 0.29) is 11.2 Å². The number of fused-ring (bicyclic) bond motifs is 2. The third-order valence-corrected chi connectivity index (χ3v) is 3.02. The van der Waals surface area contributed by atoms with Crippen LogP contribution in [-0.2, 0) is 0 Å². The van der Waals surface area contributed by atoms with Crippen LogP contribution in [0, 0.1) is 15.3 Å². The first-order valence-corrected chi connectivity index (χ1v) is 5.71. The summed E-state index contributed by atoms with van der Waals surface area (Å²) in [5, 5.41) is 23.4. The summed E-state index contributed by atoms with van der Waals surface area (Å²) in [5.41, 5.74) is 1.16. The highest BCUT2D eigenvalue weighted by Crippen LogP contribution is 2.21. The molecule has 7 heteroatoms. The lowest BCUT2D eigenvalue weighted by atomic mass is 10.2. The Morgan fingerprint density at radius 2 is 1.89 bits per heavy atom. The summed E-state index contributed by atoms with van der Waals surface area (Å²) in [5.74, 6) is 0. The molecule has 2 aromatic carbocycles. The van der Waals surface area contributed by atoms with Gasteiger partial charge in [-0.1, -0.05) is 11.6 Å². The van der Waals surface area contributed by atoms with Crippen molar-refractivity contribution in [1.82, 2.24) is 4.98 Å². The SMILES string of the molecule is O=[N+]([O-])c1ccc2nc3cc(Cl)ccc3[n+]([O-])c2c1. The van der Waals surface area contributed by atoms with Crippen LogP contribution in [0.2, 0.25) is 5.02 Å². The van der Waals surface area contributed by atoms with Crippen LogP contribution in [0.25, 0.3) is 22.1 Å². The minimum Gasteiger partial charge on any atom is -0.618 e. The quantitative estimate of drug-likeness (QED) is 0.225. The van der Waals surface area contributed by atoms with Gasteiger partial charge >= 0.3 is 0 Å². The van der Waals surface area contributed by atoms with Gasteiger partial charge in [0.2, 0.25) is 11.0 Å². The lowest BCUT2D eigenvalue weighted by Gasteiger charge is -2.05. The molecule has 6 nitrogen and oxygen atoms in total. The van der Waals surface area contributed by atoms with Gasteiger partial charge in [-0.25, -0.2) is 4.98 Å². The van der Waals surface area contributed by atoms with E-state index in [1.54, 1.807) is 12.1 Å². The molecule has 19 heavy (non-hydrogen) atoms. The molecule has 94 valence electrons. The minimum atomic E-state index is -0.550. The first-order chi connectivity index (χ1) is 9.06. The van der Waals surface area contributed by atoms with Gasteiger partial charge in [-0.15, -0.1) is 0 Å². The van der Waals surface area contributed by atoms with E-state index in [9.17, 15) is 15.3 Å². The Balaban J connectivity index is 2.43. The zero-order chi connectivity index (χ0) is 13.6. The highest BCUT2D eigenvalue weighted by atomic mass is 35.5. The van der Waals surface area contributed by atoms with Crippen LogP contribution in [0.3, 0.4) is 0 Å². The summed E-state index contributed by atoms with van der Waals surface area (Å²) in [7, 11) is 0. The molecule has 0 N–H and O–H groups in total. The highest BCUT2D eigenvalue weighted by molar-refractivity contribution is 6.31. The van der Waals surface area contributed by atoms with Gasteiger partial charge in [0.05, 0.1) is 11.0 Å². The second-order valence-electron chi connectivity index (χ2n) is 3.97. The second kappa shape index (κ2) is 4.03. The van der Waals surface area contributed by atoms with Gasteiger partial charge < -0.3 is 5.21 Å². The fourth-order valence-electron chi connectivity index (χ4n) is 1.90. The Bertz CT molecular complexity index is 835. The molecule has 0 saturated carbocycles. The molecule has 0 spiro atoms. The Hall–Kier alpha value is -2.47. The second-order valence-corrected chi connectivity index (χ2v) is 4.41. The summed E-state index contributed by atoms with van der Waals surface area (Å²) in [4.78, 5) is 14.4. The van der Waals surface area contributed by atoms with E-state index in [4.69, 9.17) is 11.6 Å². The van der Waals surface area contributed by atoms with Gasteiger partial charge in [-0.2, -0.15) is 4.73 Å². The molecule has 0 saturated heterocycles. The number of non-ortho nitro benzene ring substituents is 1. The third-order valence-electron chi connectivity index (χ3n) is 2.79. The molecule has 0 aliphatic rings. The molecule has 0 radical (unpaired) electrons. The van der Waals surface area contributed by atoms with Gasteiger partial charge in [0, 0.05) is 17.2 Å². The molecule has 1 heterocycles. The van der Waals surface area contributed by atoms with Crippen LogP contribution in [0.4, 0.5) is 5.69 Å². The smallest absolute Gasteiger partial charge is 0.276 e. The standard InChI is InChI=1S/C12H6ClN3O3/c13-7-1-4-11-10(5-7)14-9-3-2-8(16(18)19)6-12(9)15(11)17/h1-6H. The van der Waals surface area contributed by atoms with Crippen molar-refractivity contribution >= 4 is 39.4 Å². The van der Waals surface area contributed by atoms with Crippen molar-refractivity contribution in [2.24, 2.45) is 0 Å². The van der Waals surface area contributed by atoms with Crippen molar-refractivity contribution in [3.63, 3.8) is 0 Å². The van der Waals surface area contributed by atoms with Crippen LogP contribution in [-0.4, -0.2) is 9.91 Å². The van der Waals surface area contributed by atoms with Crippen LogP contribution in [0.1, 0.15) is 0 Å². The molecule has 3 rings (SSSR count). The Kier molecular flexibility index (Phi) is 2.46. The molecular formula is C12H6ClN3O3. The number of benzene rings is 2. The van der Waals surface area contributed by atoms with Crippen molar-refractivity contribution in [3.8, 4) is 0 Å². The molecule has 0 atom stereocenters. The largest absolute Gasteiger partial charge is 0.618 e. The molecule has 3 aromatic rings. The van der Waals surface area contributed by atoms with Crippen molar-refractivity contribution in [1.29, 1.82) is 0 Å². The number of hydrogen-bond donors (Lipinski definition) is 0. The van der Waals surface area contributed by atoms with Crippen molar-refractivity contribution in [2.45, 2.75) is 0 Å². The minimum absolute atomic E-state index is 0.146. The van der Waals surface area contributed by atoms with E-state index in [0.29, 0.717) is 26.3 Å².